The van der Waals surface area contributed by atoms with E-state index in [1.165, 1.54) is 5.56 Å². The first-order chi connectivity index (χ1) is 14.1. The van der Waals surface area contributed by atoms with Crippen LogP contribution >= 0.6 is 11.6 Å². The fourth-order valence-corrected chi connectivity index (χ4v) is 3.64. The van der Waals surface area contributed by atoms with Crippen molar-refractivity contribution in [2.45, 2.75) is 13.1 Å². The molecule has 1 fully saturated rings. The average Bonchev–Trinajstić information content (AvgIpc) is 2.74. The molecule has 2 aromatic rings. The first-order valence-corrected chi connectivity index (χ1v) is 10.1. The first kappa shape index (κ1) is 21.4. The quantitative estimate of drug-likeness (QED) is 0.715. The van der Waals surface area contributed by atoms with E-state index >= 15 is 0 Å². The molecule has 0 bridgehead atoms. The molecule has 0 radical (unpaired) electrons. The number of hydrogen-bond donors (Lipinski definition) is 1. The zero-order valence-electron chi connectivity index (χ0n) is 17.0. The van der Waals surface area contributed by atoms with Crippen molar-refractivity contribution in [3.8, 4) is 11.5 Å². The van der Waals surface area contributed by atoms with Crippen molar-refractivity contribution in [3.05, 3.63) is 58.6 Å². The predicted molar refractivity (Wildman–Crippen MR) is 115 cm³/mol. The minimum absolute atomic E-state index is 0.0262. The maximum Gasteiger partial charge on any atom is 0.234 e. The monoisotopic (exact) mass is 417 g/mol. The Morgan fingerprint density at radius 3 is 2.38 bits per heavy atom. The summed E-state index contributed by atoms with van der Waals surface area (Å²) in [5.74, 6) is 1.51. The highest BCUT2D eigenvalue weighted by Crippen LogP contribution is 2.28. The van der Waals surface area contributed by atoms with E-state index < -0.39 is 0 Å². The van der Waals surface area contributed by atoms with E-state index in [2.05, 4.69) is 21.2 Å². The molecule has 0 spiro atoms. The van der Waals surface area contributed by atoms with Gasteiger partial charge in [0.25, 0.3) is 0 Å². The number of nitrogens with one attached hydrogen (secondary N) is 1. The fourth-order valence-electron chi connectivity index (χ4n) is 3.44. The van der Waals surface area contributed by atoms with Crippen molar-refractivity contribution < 1.29 is 14.3 Å². The SMILES string of the molecule is COc1ccc(CN2CCN(CC(=O)NCc3ccccc3Cl)CC2)cc1OC. The molecule has 0 aliphatic carbocycles. The van der Waals surface area contributed by atoms with Gasteiger partial charge in [0.1, 0.15) is 0 Å². The van der Waals surface area contributed by atoms with Crippen LogP contribution in [0.3, 0.4) is 0 Å². The Morgan fingerprint density at radius 2 is 1.69 bits per heavy atom. The topological polar surface area (TPSA) is 54.0 Å². The van der Waals surface area contributed by atoms with Gasteiger partial charge in [-0.05, 0) is 29.3 Å². The van der Waals surface area contributed by atoms with Crippen LogP contribution in [-0.2, 0) is 17.9 Å². The lowest BCUT2D eigenvalue weighted by Gasteiger charge is -2.34. The lowest BCUT2D eigenvalue weighted by Crippen LogP contribution is -2.49. The molecule has 0 unspecified atom stereocenters. The smallest absolute Gasteiger partial charge is 0.234 e. The van der Waals surface area contributed by atoms with Crippen LogP contribution in [0.15, 0.2) is 42.5 Å². The van der Waals surface area contributed by atoms with Gasteiger partial charge >= 0.3 is 0 Å². The summed E-state index contributed by atoms with van der Waals surface area (Å²) >= 11 is 6.14. The zero-order valence-corrected chi connectivity index (χ0v) is 17.7. The van der Waals surface area contributed by atoms with Gasteiger partial charge in [0.2, 0.25) is 5.91 Å². The number of ether oxygens (including phenoxy) is 2. The molecule has 1 N–H and O–H groups in total. The Bertz CT molecular complexity index is 823. The highest BCUT2D eigenvalue weighted by atomic mass is 35.5. The molecule has 6 nitrogen and oxygen atoms in total. The Hall–Kier alpha value is -2.28. The molecule has 1 aliphatic rings. The number of rotatable bonds is 8. The minimum atomic E-state index is 0.0262. The van der Waals surface area contributed by atoms with Crippen molar-refractivity contribution in [1.29, 1.82) is 0 Å². The number of carbonyl (C=O) groups excluding carboxylic acids is 1. The van der Waals surface area contributed by atoms with Crippen LogP contribution in [0, 0.1) is 0 Å². The van der Waals surface area contributed by atoms with Gasteiger partial charge in [-0.15, -0.1) is 0 Å². The molecule has 1 saturated heterocycles. The van der Waals surface area contributed by atoms with Gasteiger partial charge in [-0.1, -0.05) is 35.9 Å². The summed E-state index contributed by atoms with van der Waals surface area (Å²) in [5.41, 5.74) is 2.12. The van der Waals surface area contributed by atoms with E-state index in [9.17, 15) is 4.79 Å². The van der Waals surface area contributed by atoms with Gasteiger partial charge in [-0.25, -0.2) is 0 Å². The van der Waals surface area contributed by atoms with Crippen molar-refractivity contribution in [3.63, 3.8) is 0 Å². The van der Waals surface area contributed by atoms with Crippen LogP contribution < -0.4 is 14.8 Å². The molecule has 2 aromatic carbocycles. The van der Waals surface area contributed by atoms with Crippen LogP contribution in [0.1, 0.15) is 11.1 Å². The lowest BCUT2D eigenvalue weighted by molar-refractivity contribution is -0.122. The van der Waals surface area contributed by atoms with Gasteiger partial charge in [0.15, 0.2) is 11.5 Å². The second-order valence-electron chi connectivity index (χ2n) is 7.11. The van der Waals surface area contributed by atoms with E-state index in [4.69, 9.17) is 21.1 Å². The number of halogens is 1. The molecule has 29 heavy (non-hydrogen) atoms. The van der Waals surface area contributed by atoms with E-state index in [0.717, 1.165) is 49.8 Å². The number of piperazine rings is 1. The van der Waals surface area contributed by atoms with Gasteiger partial charge in [-0.3, -0.25) is 14.6 Å². The third kappa shape index (κ3) is 6.10. The number of amides is 1. The first-order valence-electron chi connectivity index (χ1n) is 9.74. The average molecular weight is 418 g/mol. The highest BCUT2D eigenvalue weighted by molar-refractivity contribution is 6.31. The molecule has 0 aromatic heterocycles. The Balaban J connectivity index is 1.42. The summed E-state index contributed by atoms with van der Waals surface area (Å²) in [6, 6.07) is 13.6. The maximum atomic E-state index is 12.3. The number of benzene rings is 2. The fraction of sp³-hybridized carbons (Fsp3) is 0.409. The van der Waals surface area contributed by atoms with Crippen molar-refractivity contribution >= 4 is 17.5 Å². The van der Waals surface area contributed by atoms with Crippen molar-refractivity contribution in [2.24, 2.45) is 0 Å². The maximum absolute atomic E-state index is 12.3. The molecular weight excluding hydrogens is 390 g/mol. The van der Waals surface area contributed by atoms with Crippen LogP contribution in [0.5, 0.6) is 11.5 Å². The zero-order chi connectivity index (χ0) is 20.6. The number of nitrogens with zero attached hydrogens (tertiary/aromatic N) is 2. The molecule has 1 heterocycles. The third-order valence-corrected chi connectivity index (χ3v) is 5.49. The van der Waals surface area contributed by atoms with Crippen LogP contribution in [0.2, 0.25) is 5.02 Å². The van der Waals surface area contributed by atoms with Gasteiger partial charge in [-0.2, -0.15) is 0 Å². The minimum Gasteiger partial charge on any atom is -0.493 e. The van der Waals surface area contributed by atoms with Crippen LogP contribution in [-0.4, -0.2) is 62.7 Å². The molecule has 0 atom stereocenters. The summed E-state index contributed by atoms with van der Waals surface area (Å²) in [4.78, 5) is 16.8. The van der Waals surface area contributed by atoms with E-state index in [-0.39, 0.29) is 5.91 Å². The van der Waals surface area contributed by atoms with E-state index in [1.54, 1.807) is 14.2 Å². The van der Waals surface area contributed by atoms with Gasteiger partial charge < -0.3 is 14.8 Å². The van der Waals surface area contributed by atoms with Crippen molar-refractivity contribution in [1.82, 2.24) is 15.1 Å². The summed E-state index contributed by atoms with van der Waals surface area (Å²) in [7, 11) is 3.29. The predicted octanol–water partition coefficient (Wildman–Crippen LogP) is 2.79. The van der Waals surface area contributed by atoms with Crippen molar-refractivity contribution in [2.75, 3.05) is 46.9 Å². The van der Waals surface area contributed by atoms with E-state index in [0.29, 0.717) is 18.1 Å². The molecule has 156 valence electrons. The molecule has 1 amide bonds. The Labute approximate surface area is 177 Å². The summed E-state index contributed by atoms with van der Waals surface area (Å²) < 4.78 is 10.7. The number of carbonyl (C=O) groups is 1. The standard InChI is InChI=1S/C22H28ClN3O3/c1-28-20-8-7-17(13-21(20)29-2)15-25-9-11-26(12-10-25)16-22(27)24-14-18-5-3-4-6-19(18)23/h3-8,13H,9-12,14-16H2,1-2H3,(H,24,27). The molecule has 1 aliphatic heterocycles. The Kier molecular flexibility index (Phi) is 7.75. The van der Waals surface area contributed by atoms with Gasteiger partial charge in [0, 0.05) is 44.3 Å². The normalized spacial score (nSPS) is 15.1. The van der Waals surface area contributed by atoms with E-state index in [1.807, 2.05) is 36.4 Å². The summed E-state index contributed by atoms with van der Waals surface area (Å²) in [5, 5.41) is 3.63. The molecule has 0 saturated carbocycles. The van der Waals surface area contributed by atoms with Crippen LogP contribution in [0.4, 0.5) is 0 Å². The number of methoxy groups -OCH3 is 2. The Morgan fingerprint density at radius 1 is 1.00 bits per heavy atom. The molecule has 7 heteroatoms. The third-order valence-electron chi connectivity index (χ3n) is 5.12. The summed E-state index contributed by atoms with van der Waals surface area (Å²) in [6.45, 7) is 5.30. The lowest BCUT2D eigenvalue weighted by atomic mass is 10.1. The highest BCUT2D eigenvalue weighted by Gasteiger charge is 2.19. The summed E-state index contributed by atoms with van der Waals surface area (Å²) in [6.07, 6.45) is 0. The van der Waals surface area contributed by atoms with Crippen LogP contribution in [0.25, 0.3) is 0 Å². The number of hydrogen-bond acceptors (Lipinski definition) is 5. The molecular formula is C22H28ClN3O3. The second kappa shape index (κ2) is 10.5. The second-order valence-corrected chi connectivity index (χ2v) is 7.52. The molecule has 3 rings (SSSR count). The van der Waals surface area contributed by atoms with Gasteiger partial charge in [0.05, 0.1) is 20.8 Å². The largest absolute Gasteiger partial charge is 0.493 e.